The van der Waals surface area contributed by atoms with Crippen molar-refractivity contribution in [3.63, 3.8) is 0 Å². The van der Waals surface area contributed by atoms with E-state index in [9.17, 15) is 14.4 Å². The summed E-state index contributed by atoms with van der Waals surface area (Å²) < 4.78 is 5.41. The van der Waals surface area contributed by atoms with Gasteiger partial charge < -0.3 is 26.2 Å². The Morgan fingerprint density at radius 2 is 2.03 bits per heavy atom. The zero-order valence-electron chi connectivity index (χ0n) is 17.5. The van der Waals surface area contributed by atoms with Crippen molar-refractivity contribution in [1.82, 2.24) is 20.4 Å². The van der Waals surface area contributed by atoms with Crippen molar-refractivity contribution in [3.8, 4) is 0 Å². The maximum Gasteiger partial charge on any atom is 0.318 e. The van der Waals surface area contributed by atoms with Crippen molar-refractivity contribution < 1.29 is 18.9 Å². The van der Waals surface area contributed by atoms with Gasteiger partial charge in [0.15, 0.2) is 11.6 Å². The Balaban J connectivity index is 1.78. The van der Waals surface area contributed by atoms with Crippen LogP contribution >= 0.6 is 0 Å². The SMILES string of the molecule is CC(=O)C1CCCN1C(=O)N[C@@H](Cc1ccccc1)c1nc([C@@H](N)CCC(N)=O)no1. The van der Waals surface area contributed by atoms with Crippen LogP contribution in [-0.4, -0.2) is 45.3 Å². The average molecular weight is 428 g/mol. The summed E-state index contributed by atoms with van der Waals surface area (Å²) in [6, 6.07) is 7.59. The molecule has 1 aliphatic heterocycles. The summed E-state index contributed by atoms with van der Waals surface area (Å²) in [4.78, 5) is 41.7. The monoisotopic (exact) mass is 428 g/mol. The molecule has 0 aliphatic carbocycles. The van der Waals surface area contributed by atoms with E-state index in [1.807, 2.05) is 30.3 Å². The van der Waals surface area contributed by atoms with Gasteiger partial charge in [0, 0.05) is 19.4 Å². The lowest BCUT2D eigenvalue weighted by molar-refractivity contribution is -0.120. The number of hydrogen-bond acceptors (Lipinski definition) is 7. The molecular formula is C21H28N6O4. The summed E-state index contributed by atoms with van der Waals surface area (Å²) >= 11 is 0. The van der Waals surface area contributed by atoms with Gasteiger partial charge in [-0.2, -0.15) is 4.98 Å². The maximum atomic E-state index is 12.9. The van der Waals surface area contributed by atoms with Crippen LogP contribution in [-0.2, 0) is 16.0 Å². The third-order valence-electron chi connectivity index (χ3n) is 5.35. The van der Waals surface area contributed by atoms with E-state index in [0.29, 0.717) is 19.4 Å². The number of urea groups is 1. The molecule has 1 aromatic carbocycles. The van der Waals surface area contributed by atoms with Gasteiger partial charge in [-0.15, -0.1) is 0 Å². The Labute approximate surface area is 180 Å². The van der Waals surface area contributed by atoms with Gasteiger partial charge in [0.2, 0.25) is 11.8 Å². The lowest BCUT2D eigenvalue weighted by Crippen LogP contribution is -2.46. The highest BCUT2D eigenvalue weighted by Crippen LogP contribution is 2.23. The number of nitrogens with two attached hydrogens (primary N) is 2. The molecule has 2 aromatic rings. The summed E-state index contributed by atoms with van der Waals surface area (Å²) in [6.45, 7) is 2.01. The molecule has 10 nitrogen and oxygen atoms in total. The lowest BCUT2D eigenvalue weighted by atomic mass is 10.1. The smallest absolute Gasteiger partial charge is 0.318 e. The molecule has 0 spiro atoms. The molecule has 1 fully saturated rings. The van der Waals surface area contributed by atoms with Crippen LogP contribution in [0.5, 0.6) is 0 Å². The highest BCUT2D eigenvalue weighted by molar-refractivity contribution is 5.87. The first-order valence-corrected chi connectivity index (χ1v) is 10.3. The maximum absolute atomic E-state index is 12.9. The molecule has 1 aliphatic rings. The average Bonchev–Trinajstić information content (AvgIpc) is 3.42. The Morgan fingerprint density at radius 1 is 1.29 bits per heavy atom. The number of benzene rings is 1. The van der Waals surface area contributed by atoms with Gasteiger partial charge in [0.05, 0.1) is 12.1 Å². The number of amides is 3. The molecule has 31 heavy (non-hydrogen) atoms. The van der Waals surface area contributed by atoms with Crippen molar-refractivity contribution in [1.29, 1.82) is 0 Å². The van der Waals surface area contributed by atoms with Gasteiger partial charge in [-0.3, -0.25) is 9.59 Å². The van der Waals surface area contributed by atoms with Gasteiger partial charge in [-0.1, -0.05) is 35.5 Å². The first kappa shape index (κ1) is 22.4. The molecule has 1 aromatic heterocycles. The van der Waals surface area contributed by atoms with Gasteiger partial charge in [-0.05, 0) is 31.7 Å². The number of hydrogen-bond donors (Lipinski definition) is 3. The fourth-order valence-electron chi connectivity index (χ4n) is 3.68. The molecule has 3 atom stereocenters. The molecule has 0 saturated carbocycles. The number of carbonyl (C=O) groups is 3. The number of Topliss-reactive ketones (excluding diaryl/α,β-unsaturated/α-hetero) is 1. The minimum atomic E-state index is -0.612. The van der Waals surface area contributed by atoms with Crippen LogP contribution in [0, 0.1) is 0 Å². The molecule has 1 unspecified atom stereocenters. The number of carbonyl (C=O) groups excluding carboxylic acids is 3. The van der Waals surface area contributed by atoms with Gasteiger partial charge in [0.1, 0.15) is 6.04 Å². The minimum Gasteiger partial charge on any atom is -0.370 e. The summed E-state index contributed by atoms with van der Waals surface area (Å²) in [5, 5.41) is 6.86. The number of nitrogens with one attached hydrogen (secondary N) is 1. The molecule has 3 amide bonds. The second kappa shape index (κ2) is 10.2. The van der Waals surface area contributed by atoms with E-state index in [1.54, 1.807) is 4.90 Å². The molecule has 0 bridgehead atoms. The number of nitrogens with zero attached hydrogens (tertiary/aromatic N) is 3. The first-order chi connectivity index (χ1) is 14.8. The fraction of sp³-hybridized carbons (Fsp3) is 0.476. The highest BCUT2D eigenvalue weighted by Gasteiger charge is 2.34. The number of primary amides is 1. The van der Waals surface area contributed by atoms with E-state index >= 15 is 0 Å². The quantitative estimate of drug-likeness (QED) is 0.544. The van der Waals surface area contributed by atoms with Crippen LogP contribution in [0.1, 0.15) is 62.0 Å². The highest BCUT2D eigenvalue weighted by atomic mass is 16.5. The zero-order valence-corrected chi connectivity index (χ0v) is 17.5. The Morgan fingerprint density at radius 3 is 2.71 bits per heavy atom. The Kier molecular flexibility index (Phi) is 7.35. The van der Waals surface area contributed by atoms with Crippen molar-refractivity contribution in [2.24, 2.45) is 11.5 Å². The number of ketones is 1. The number of aromatic nitrogens is 2. The molecule has 5 N–H and O–H groups in total. The second-order valence-electron chi connectivity index (χ2n) is 7.76. The molecule has 166 valence electrons. The Bertz CT molecular complexity index is 916. The second-order valence-corrected chi connectivity index (χ2v) is 7.76. The molecule has 0 radical (unpaired) electrons. The third kappa shape index (κ3) is 5.88. The Hall–Kier alpha value is -3.27. The van der Waals surface area contributed by atoms with E-state index in [4.69, 9.17) is 16.0 Å². The first-order valence-electron chi connectivity index (χ1n) is 10.3. The van der Waals surface area contributed by atoms with E-state index in [0.717, 1.165) is 12.0 Å². The van der Waals surface area contributed by atoms with Gasteiger partial charge >= 0.3 is 6.03 Å². The van der Waals surface area contributed by atoms with Crippen LogP contribution in [0.2, 0.25) is 0 Å². The zero-order chi connectivity index (χ0) is 22.4. The van der Waals surface area contributed by atoms with E-state index in [-0.39, 0.29) is 36.4 Å². The lowest BCUT2D eigenvalue weighted by Gasteiger charge is -2.25. The van der Waals surface area contributed by atoms with Gasteiger partial charge in [0.25, 0.3) is 0 Å². The topological polar surface area (TPSA) is 157 Å². The standard InChI is InChI=1S/C21H28N6O4/c1-13(28)17-8-5-11-27(17)21(30)24-16(12-14-6-3-2-4-7-14)20-25-19(26-31-20)15(22)9-10-18(23)29/h2-4,6-7,15-17H,5,8-12,22H2,1H3,(H2,23,29)(H,24,30)/t15-,16-,17?/m0/s1. The summed E-state index contributed by atoms with van der Waals surface area (Å²) in [6.07, 6.45) is 2.25. The normalized spacial score (nSPS) is 17.9. The molecule has 10 heteroatoms. The van der Waals surface area contributed by atoms with Crippen LogP contribution in [0.3, 0.4) is 0 Å². The van der Waals surface area contributed by atoms with Crippen LogP contribution in [0.4, 0.5) is 4.79 Å². The molecule has 2 heterocycles. The van der Waals surface area contributed by atoms with E-state index < -0.39 is 24.0 Å². The molecule has 3 rings (SSSR count). The minimum absolute atomic E-state index is 0.0345. The summed E-state index contributed by atoms with van der Waals surface area (Å²) in [5.41, 5.74) is 12.2. The largest absolute Gasteiger partial charge is 0.370 e. The van der Waals surface area contributed by atoms with Crippen LogP contribution < -0.4 is 16.8 Å². The van der Waals surface area contributed by atoms with E-state index in [2.05, 4.69) is 15.5 Å². The van der Waals surface area contributed by atoms with Crippen LogP contribution in [0.25, 0.3) is 0 Å². The predicted molar refractivity (Wildman–Crippen MR) is 111 cm³/mol. The van der Waals surface area contributed by atoms with Crippen molar-refractivity contribution in [2.75, 3.05) is 6.54 Å². The van der Waals surface area contributed by atoms with Crippen molar-refractivity contribution >= 4 is 17.7 Å². The van der Waals surface area contributed by atoms with Gasteiger partial charge in [-0.25, -0.2) is 4.79 Å². The number of rotatable bonds is 9. The summed E-state index contributed by atoms with van der Waals surface area (Å²) in [5.74, 6) is -0.0431. The van der Waals surface area contributed by atoms with Crippen molar-refractivity contribution in [3.05, 3.63) is 47.6 Å². The molecular weight excluding hydrogens is 400 g/mol. The third-order valence-corrected chi connectivity index (χ3v) is 5.35. The van der Waals surface area contributed by atoms with E-state index in [1.165, 1.54) is 6.92 Å². The predicted octanol–water partition coefficient (Wildman–Crippen LogP) is 1.38. The summed E-state index contributed by atoms with van der Waals surface area (Å²) in [7, 11) is 0. The molecule has 1 saturated heterocycles. The number of likely N-dealkylation sites (tertiary alicyclic amines) is 1. The fourth-order valence-corrected chi connectivity index (χ4v) is 3.68. The van der Waals surface area contributed by atoms with Crippen molar-refractivity contribution in [2.45, 2.75) is 57.2 Å². The van der Waals surface area contributed by atoms with Crippen LogP contribution in [0.15, 0.2) is 34.9 Å².